The van der Waals surface area contributed by atoms with Gasteiger partial charge >= 0.3 is 0 Å². The molecule has 0 unspecified atom stereocenters. The molecule has 32 heavy (non-hydrogen) atoms. The van der Waals surface area contributed by atoms with Crippen molar-refractivity contribution in [3.05, 3.63) is 48.5 Å². The molecular formula is C22H25N3O5S2. The predicted octanol–water partition coefficient (Wildman–Crippen LogP) is 3.38. The number of oxazole rings is 1. The molecule has 1 aliphatic heterocycles. The molecule has 1 fully saturated rings. The van der Waals surface area contributed by atoms with Gasteiger partial charge in [0.2, 0.25) is 15.9 Å². The minimum atomic E-state index is -3.62. The second-order valence-corrected chi connectivity index (χ2v) is 10.5. The number of rotatable bonds is 7. The van der Waals surface area contributed by atoms with E-state index in [9.17, 15) is 13.2 Å². The first-order chi connectivity index (χ1) is 15.4. The first kappa shape index (κ1) is 22.8. The number of carbonyl (C=O) groups is 1. The van der Waals surface area contributed by atoms with Gasteiger partial charge in [0.25, 0.3) is 5.22 Å². The van der Waals surface area contributed by atoms with E-state index in [1.807, 2.05) is 44.2 Å². The normalized spacial score (nSPS) is 15.3. The van der Waals surface area contributed by atoms with Gasteiger partial charge in [-0.3, -0.25) is 4.79 Å². The lowest BCUT2D eigenvalue weighted by Crippen LogP contribution is -2.40. The molecule has 0 bridgehead atoms. The number of hydrogen-bond donors (Lipinski definition) is 0. The Hall–Kier alpha value is -2.40. The highest BCUT2D eigenvalue weighted by Gasteiger charge is 2.27. The number of nitrogens with zero attached hydrogens (tertiary/aromatic N) is 3. The summed E-state index contributed by atoms with van der Waals surface area (Å²) in [5.74, 6) is 0.0905. The van der Waals surface area contributed by atoms with Crippen molar-refractivity contribution < 1.29 is 22.4 Å². The van der Waals surface area contributed by atoms with E-state index in [0.717, 1.165) is 5.69 Å². The Morgan fingerprint density at radius 3 is 2.56 bits per heavy atom. The second-order valence-electron chi connectivity index (χ2n) is 7.61. The highest BCUT2D eigenvalue weighted by molar-refractivity contribution is 7.99. The van der Waals surface area contributed by atoms with E-state index >= 15 is 0 Å². The maximum atomic E-state index is 12.9. The van der Waals surface area contributed by atoms with E-state index in [4.69, 9.17) is 9.15 Å². The molecule has 1 saturated heterocycles. The van der Waals surface area contributed by atoms with E-state index in [0.29, 0.717) is 42.6 Å². The van der Waals surface area contributed by atoms with Crippen LogP contribution in [0.15, 0.2) is 63.1 Å². The Bertz CT molecular complexity index is 1190. The van der Waals surface area contributed by atoms with Crippen LogP contribution in [0, 0.1) is 0 Å². The van der Waals surface area contributed by atoms with Crippen LogP contribution in [0.2, 0.25) is 0 Å². The molecule has 0 N–H and O–H groups in total. The van der Waals surface area contributed by atoms with Crippen LogP contribution in [0.5, 0.6) is 0 Å². The minimum Gasteiger partial charge on any atom is -0.431 e. The number of para-hydroxylation sites is 1. The largest absolute Gasteiger partial charge is 0.431 e. The van der Waals surface area contributed by atoms with Gasteiger partial charge in [0.05, 0.1) is 23.9 Å². The maximum Gasteiger partial charge on any atom is 0.257 e. The first-order valence-electron chi connectivity index (χ1n) is 10.3. The van der Waals surface area contributed by atoms with Crippen molar-refractivity contribution in [3.8, 4) is 0 Å². The Kier molecular flexibility index (Phi) is 6.85. The van der Waals surface area contributed by atoms with Crippen molar-refractivity contribution >= 4 is 44.5 Å². The van der Waals surface area contributed by atoms with E-state index in [1.165, 1.54) is 28.2 Å². The van der Waals surface area contributed by atoms with Crippen LogP contribution in [0.4, 0.5) is 5.69 Å². The third-order valence-corrected chi connectivity index (χ3v) is 7.79. The molecule has 1 aromatic heterocycles. The molecule has 0 spiro atoms. The number of fused-ring (bicyclic) bond motifs is 1. The quantitative estimate of drug-likeness (QED) is 0.484. The SMILES string of the molecule is CC(C)N(C(=O)CSc1nc2ccc(S(=O)(=O)N3CCOCC3)cc2o1)c1ccccc1. The number of carbonyl (C=O) groups excluding carboxylic acids is 1. The number of ether oxygens (including phenoxy) is 1. The number of sulfonamides is 1. The fourth-order valence-electron chi connectivity index (χ4n) is 3.55. The van der Waals surface area contributed by atoms with Crippen molar-refractivity contribution in [1.82, 2.24) is 9.29 Å². The van der Waals surface area contributed by atoms with E-state index < -0.39 is 10.0 Å². The summed E-state index contributed by atoms with van der Waals surface area (Å²) in [5.41, 5.74) is 1.76. The lowest BCUT2D eigenvalue weighted by Gasteiger charge is -2.26. The van der Waals surface area contributed by atoms with Crippen molar-refractivity contribution in [3.63, 3.8) is 0 Å². The van der Waals surface area contributed by atoms with Crippen molar-refractivity contribution in [2.45, 2.75) is 30.0 Å². The number of morpholine rings is 1. The molecule has 0 atom stereocenters. The molecule has 8 nitrogen and oxygen atoms in total. The molecule has 1 aliphatic rings. The zero-order valence-electron chi connectivity index (χ0n) is 17.9. The maximum absolute atomic E-state index is 12.9. The monoisotopic (exact) mass is 475 g/mol. The second kappa shape index (κ2) is 9.62. The summed E-state index contributed by atoms with van der Waals surface area (Å²) in [5, 5.41) is 0.325. The summed E-state index contributed by atoms with van der Waals surface area (Å²) in [7, 11) is -3.62. The molecule has 0 saturated carbocycles. The highest BCUT2D eigenvalue weighted by Crippen LogP contribution is 2.28. The summed E-state index contributed by atoms with van der Waals surface area (Å²) in [6, 6.07) is 14.2. The number of hydrogen-bond acceptors (Lipinski definition) is 7. The van der Waals surface area contributed by atoms with Gasteiger partial charge in [0.1, 0.15) is 5.52 Å². The third kappa shape index (κ3) is 4.83. The van der Waals surface area contributed by atoms with Crippen LogP contribution >= 0.6 is 11.8 Å². The van der Waals surface area contributed by atoms with Crippen molar-refractivity contribution in [1.29, 1.82) is 0 Å². The van der Waals surface area contributed by atoms with Gasteiger partial charge in [-0.25, -0.2) is 13.4 Å². The molecule has 170 valence electrons. The lowest BCUT2D eigenvalue weighted by molar-refractivity contribution is -0.116. The first-order valence-corrected chi connectivity index (χ1v) is 12.8. The van der Waals surface area contributed by atoms with Crippen molar-refractivity contribution in [2.75, 3.05) is 37.0 Å². The minimum absolute atomic E-state index is 0.00193. The summed E-state index contributed by atoms with van der Waals surface area (Å²) in [6.07, 6.45) is 0. The molecular weight excluding hydrogens is 450 g/mol. The Morgan fingerprint density at radius 1 is 1.16 bits per heavy atom. The van der Waals surface area contributed by atoms with Gasteiger partial charge < -0.3 is 14.1 Å². The van der Waals surface area contributed by atoms with E-state index in [1.54, 1.807) is 11.0 Å². The van der Waals surface area contributed by atoms with Crippen LogP contribution in [0.1, 0.15) is 13.8 Å². The number of amides is 1. The van der Waals surface area contributed by atoms with Gasteiger partial charge in [-0.1, -0.05) is 30.0 Å². The Labute approximate surface area is 191 Å². The molecule has 3 aromatic rings. The summed E-state index contributed by atoms with van der Waals surface area (Å²) >= 11 is 1.19. The van der Waals surface area contributed by atoms with Gasteiger partial charge in [-0.05, 0) is 38.1 Å². The Balaban J connectivity index is 1.49. The summed E-state index contributed by atoms with van der Waals surface area (Å²) < 4.78 is 38.2. The highest BCUT2D eigenvalue weighted by atomic mass is 32.2. The topological polar surface area (TPSA) is 93.0 Å². The van der Waals surface area contributed by atoms with Crippen LogP contribution in [-0.4, -0.2) is 61.7 Å². The van der Waals surface area contributed by atoms with Crippen molar-refractivity contribution in [2.24, 2.45) is 0 Å². The standard InChI is InChI=1S/C22H25N3O5S2/c1-16(2)25(17-6-4-3-5-7-17)21(26)15-31-22-23-19-9-8-18(14-20(19)30-22)32(27,28)24-10-12-29-13-11-24/h3-9,14,16H,10-13,15H2,1-2H3. The van der Waals surface area contributed by atoms with Gasteiger partial charge in [-0.15, -0.1) is 0 Å². The lowest BCUT2D eigenvalue weighted by atomic mass is 10.2. The zero-order chi connectivity index (χ0) is 22.7. The van der Waals surface area contributed by atoms with Crippen LogP contribution in [-0.2, 0) is 19.6 Å². The average Bonchev–Trinajstić information content (AvgIpc) is 3.21. The third-order valence-electron chi connectivity index (χ3n) is 5.09. The molecule has 0 aliphatic carbocycles. The molecule has 0 radical (unpaired) electrons. The molecule has 1 amide bonds. The number of aromatic nitrogens is 1. The van der Waals surface area contributed by atoms with Crippen LogP contribution in [0.3, 0.4) is 0 Å². The molecule has 4 rings (SSSR count). The Morgan fingerprint density at radius 2 is 1.88 bits per heavy atom. The average molecular weight is 476 g/mol. The predicted molar refractivity (Wildman–Crippen MR) is 123 cm³/mol. The number of benzene rings is 2. The number of anilines is 1. The fraction of sp³-hybridized carbons (Fsp3) is 0.364. The van der Waals surface area contributed by atoms with Gasteiger partial charge in [0, 0.05) is 30.9 Å². The summed E-state index contributed by atoms with van der Waals surface area (Å²) in [6.45, 7) is 5.35. The fourth-order valence-corrected chi connectivity index (χ4v) is 5.68. The molecule has 10 heteroatoms. The summed E-state index contributed by atoms with van der Waals surface area (Å²) in [4.78, 5) is 19.2. The zero-order valence-corrected chi connectivity index (χ0v) is 19.6. The van der Waals surface area contributed by atoms with Gasteiger partial charge in [-0.2, -0.15) is 4.31 Å². The van der Waals surface area contributed by atoms with Gasteiger partial charge in [0.15, 0.2) is 5.58 Å². The van der Waals surface area contributed by atoms with Crippen LogP contribution in [0.25, 0.3) is 11.1 Å². The van der Waals surface area contributed by atoms with Crippen LogP contribution < -0.4 is 4.90 Å². The van der Waals surface area contributed by atoms with E-state index in [-0.39, 0.29) is 22.6 Å². The number of thioether (sulfide) groups is 1. The molecule has 2 heterocycles. The molecule has 2 aromatic carbocycles. The smallest absolute Gasteiger partial charge is 0.257 e. The van der Waals surface area contributed by atoms with E-state index in [2.05, 4.69) is 4.98 Å².